The van der Waals surface area contributed by atoms with Crippen molar-refractivity contribution < 1.29 is 10.0 Å². The van der Waals surface area contributed by atoms with Crippen molar-refractivity contribution >= 4 is 11.4 Å². The molecule has 0 saturated heterocycles. The van der Waals surface area contributed by atoms with Gasteiger partial charge in [-0.15, -0.1) is 0 Å². The number of nitro benzene ring substituents is 1. The van der Waals surface area contributed by atoms with E-state index in [0.717, 1.165) is 0 Å². The van der Waals surface area contributed by atoms with E-state index in [4.69, 9.17) is 5.73 Å². The van der Waals surface area contributed by atoms with Crippen LogP contribution in [0.4, 0.5) is 11.4 Å². The molecule has 0 aliphatic carbocycles. The van der Waals surface area contributed by atoms with Crippen molar-refractivity contribution in [2.24, 2.45) is 0 Å². The molecule has 1 aromatic carbocycles. The first kappa shape index (κ1) is 8.32. The third-order valence-corrected chi connectivity index (χ3v) is 1.63. The number of anilines is 1. The number of nitro groups is 1. The Balaban J connectivity index is 3.36. The summed E-state index contributed by atoms with van der Waals surface area (Å²) in [7, 11) is 0. The quantitative estimate of drug-likeness (QED) is 0.285. The van der Waals surface area contributed by atoms with Crippen LogP contribution in [0.25, 0.3) is 0 Å². The van der Waals surface area contributed by atoms with Crippen LogP contribution in [-0.4, -0.2) is 10.0 Å². The summed E-state index contributed by atoms with van der Waals surface area (Å²) >= 11 is 0. The lowest BCUT2D eigenvalue weighted by molar-refractivity contribution is -0.385. The largest absolute Gasteiger partial charge is 0.505 e. The van der Waals surface area contributed by atoms with Crippen LogP contribution in [-0.2, 0) is 0 Å². The number of nitrogens with two attached hydrogens (primary N) is 1. The van der Waals surface area contributed by atoms with Crippen LogP contribution in [0.3, 0.4) is 0 Å². The van der Waals surface area contributed by atoms with Crippen molar-refractivity contribution in [1.82, 2.24) is 0 Å². The molecule has 1 rings (SSSR count). The minimum absolute atomic E-state index is 0.123. The summed E-state index contributed by atoms with van der Waals surface area (Å²) in [5, 5.41) is 19.5. The van der Waals surface area contributed by atoms with Crippen LogP contribution in [0.1, 0.15) is 5.56 Å². The SMILES string of the molecule is Cc1c([N+](=O)[O-])ccc(N)c1O. The van der Waals surface area contributed by atoms with E-state index in [1.54, 1.807) is 0 Å². The van der Waals surface area contributed by atoms with Crippen molar-refractivity contribution in [3.05, 3.63) is 27.8 Å². The van der Waals surface area contributed by atoms with E-state index < -0.39 is 4.92 Å². The molecule has 0 heterocycles. The second-order valence-corrected chi connectivity index (χ2v) is 2.40. The van der Waals surface area contributed by atoms with Gasteiger partial charge in [-0.1, -0.05) is 0 Å². The zero-order valence-corrected chi connectivity index (χ0v) is 6.44. The summed E-state index contributed by atoms with van der Waals surface area (Å²) in [6, 6.07) is 2.57. The van der Waals surface area contributed by atoms with E-state index in [2.05, 4.69) is 0 Å². The number of nitrogens with zero attached hydrogens (tertiary/aromatic N) is 1. The number of hydrogen-bond acceptors (Lipinski definition) is 4. The monoisotopic (exact) mass is 168 g/mol. The van der Waals surface area contributed by atoms with Gasteiger partial charge in [0.2, 0.25) is 0 Å². The van der Waals surface area contributed by atoms with Crippen molar-refractivity contribution in [2.75, 3.05) is 5.73 Å². The Hall–Kier alpha value is -1.78. The summed E-state index contributed by atoms with van der Waals surface area (Å²) in [6.45, 7) is 1.45. The molecular weight excluding hydrogens is 160 g/mol. The van der Waals surface area contributed by atoms with Crippen molar-refractivity contribution in [2.45, 2.75) is 6.92 Å². The maximum absolute atomic E-state index is 10.3. The number of hydrogen-bond donors (Lipinski definition) is 2. The molecule has 64 valence electrons. The fraction of sp³-hybridized carbons (Fsp3) is 0.143. The van der Waals surface area contributed by atoms with E-state index in [9.17, 15) is 15.2 Å². The third-order valence-electron chi connectivity index (χ3n) is 1.63. The highest BCUT2D eigenvalue weighted by molar-refractivity contribution is 5.62. The molecule has 0 spiro atoms. The fourth-order valence-electron chi connectivity index (χ4n) is 0.908. The molecular formula is C7H8N2O3. The van der Waals surface area contributed by atoms with Gasteiger partial charge in [0.15, 0.2) is 0 Å². The van der Waals surface area contributed by atoms with E-state index >= 15 is 0 Å². The van der Waals surface area contributed by atoms with E-state index in [0.29, 0.717) is 0 Å². The Kier molecular flexibility index (Phi) is 1.86. The third kappa shape index (κ3) is 1.16. The highest BCUT2D eigenvalue weighted by Gasteiger charge is 2.14. The molecule has 12 heavy (non-hydrogen) atoms. The summed E-state index contributed by atoms with van der Waals surface area (Å²) < 4.78 is 0. The van der Waals surface area contributed by atoms with Crippen LogP contribution < -0.4 is 5.73 Å². The van der Waals surface area contributed by atoms with Gasteiger partial charge in [0.25, 0.3) is 5.69 Å². The Morgan fingerprint density at radius 2 is 2.17 bits per heavy atom. The molecule has 0 bridgehead atoms. The maximum Gasteiger partial charge on any atom is 0.276 e. The average molecular weight is 168 g/mol. The van der Waals surface area contributed by atoms with Gasteiger partial charge in [0.05, 0.1) is 16.2 Å². The Bertz CT molecular complexity index is 336. The Morgan fingerprint density at radius 3 is 2.67 bits per heavy atom. The van der Waals surface area contributed by atoms with Crippen LogP contribution in [0.2, 0.25) is 0 Å². The molecule has 0 saturated carbocycles. The lowest BCUT2D eigenvalue weighted by Crippen LogP contribution is -1.94. The smallest absolute Gasteiger partial charge is 0.276 e. The summed E-state index contributed by atoms with van der Waals surface area (Å²) in [5.41, 5.74) is 5.54. The number of rotatable bonds is 1. The topological polar surface area (TPSA) is 89.4 Å². The predicted molar refractivity (Wildman–Crippen MR) is 43.9 cm³/mol. The molecule has 0 radical (unpaired) electrons. The Morgan fingerprint density at radius 1 is 1.58 bits per heavy atom. The zero-order chi connectivity index (χ0) is 9.30. The highest BCUT2D eigenvalue weighted by Crippen LogP contribution is 2.31. The number of benzene rings is 1. The summed E-state index contributed by atoms with van der Waals surface area (Å²) in [4.78, 5) is 9.78. The van der Waals surface area contributed by atoms with Gasteiger partial charge < -0.3 is 10.8 Å². The van der Waals surface area contributed by atoms with Gasteiger partial charge in [0.1, 0.15) is 5.75 Å². The summed E-state index contributed by atoms with van der Waals surface area (Å²) in [5.74, 6) is -0.218. The normalized spacial score (nSPS) is 9.75. The average Bonchev–Trinajstić information content (AvgIpc) is 2.00. The van der Waals surface area contributed by atoms with Gasteiger partial charge in [-0.05, 0) is 13.0 Å². The van der Waals surface area contributed by atoms with E-state index in [1.165, 1.54) is 19.1 Å². The fourth-order valence-corrected chi connectivity index (χ4v) is 0.908. The van der Waals surface area contributed by atoms with Gasteiger partial charge in [0, 0.05) is 6.07 Å². The standard InChI is InChI=1S/C7H8N2O3/c1-4-6(9(11)12)3-2-5(8)7(4)10/h2-3,10H,8H2,1H3. The summed E-state index contributed by atoms with van der Waals surface area (Å²) in [6.07, 6.45) is 0. The molecule has 1 aromatic rings. The van der Waals surface area contributed by atoms with Crippen molar-refractivity contribution in [3.63, 3.8) is 0 Å². The minimum Gasteiger partial charge on any atom is -0.505 e. The Labute approximate surface area is 68.6 Å². The van der Waals surface area contributed by atoms with Crippen LogP contribution in [0.15, 0.2) is 12.1 Å². The van der Waals surface area contributed by atoms with Crippen LogP contribution >= 0.6 is 0 Å². The second kappa shape index (κ2) is 2.69. The zero-order valence-electron chi connectivity index (χ0n) is 6.44. The first-order chi connectivity index (χ1) is 5.54. The maximum atomic E-state index is 10.3. The first-order valence-electron chi connectivity index (χ1n) is 3.26. The van der Waals surface area contributed by atoms with Gasteiger partial charge in [-0.3, -0.25) is 10.1 Å². The first-order valence-corrected chi connectivity index (χ1v) is 3.26. The van der Waals surface area contributed by atoms with Gasteiger partial charge in [-0.25, -0.2) is 0 Å². The second-order valence-electron chi connectivity index (χ2n) is 2.40. The molecule has 0 atom stereocenters. The molecule has 0 amide bonds. The number of nitrogen functional groups attached to an aromatic ring is 1. The molecule has 0 fully saturated rings. The molecule has 3 N–H and O–H groups in total. The predicted octanol–water partition coefficient (Wildman–Crippen LogP) is 1.19. The number of phenols is 1. The van der Waals surface area contributed by atoms with E-state index in [-0.39, 0.29) is 22.7 Å². The molecule has 5 heteroatoms. The molecule has 0 unspecified atom stereocenters. The van der Waals surface area contributed by atoms with Crippen LogP contribution in [0, 0.1) is 17.0 Å². The molecule has 0 aromatic heterocycles. The van der Waals surface area contributed by atoms with Gasteiger partial charge >= 0.3 is 0 Å². The highest BCUT2D eigenvalue weighted by atomic mass is 16.6. The minimum atomic E-state index is -0.561. The number of aromatic hydroxyl groups is 1. The van der Waals surface area contributed by atoms with E-state index in [1.807, 2.05) is 0 Å². The molecule has 0 aliphatic rings. The lowest BCUT2D eigenvalue weighted by atomic mass is 10.1. The lowest BCUT2D eigenvalue weighted by Gasteiger charge is -2.02. The van der Waals surface area contributed by atoms with Crippen molar-refractivity contribution in [1.29, 1.82) is 0 Å². The van der Waals surface area contributed by atoms with Crippen molar-refractivity contribution in [3.8, 4) is 5.75 Å². The van der Waals surface area contributed by atoms with Crippen LogP contribution in [0.5, 0.6) is 5.75 Å². The van der Waals surface area contributed by atoms with Gasteiger partial charge in [-0.2, -0.15) is 0 Å². The molecule has 5 nitrogen and oxygen atoms in total. The molecule has 0 aliphatic heterocycles. The number of phenolic OH excluding ortho intramolecular Hbond substituents is 1.